The standard InChI is InChI=1S/C10H19NO3/c1-14-9-4-2-3-7-11-8-5-6-10(12)13/h5-6,11H,2-4,7-9H2,1H3,(H,12,13)/b6-5+. The molecule has 0 aromatic carbocycles. The van der Waals surface area contributed by atoms with E-state index in [-0.39, 0.29) is 0 Å². The molecule has 4 heteroatoms. The number of hydrogen-bond donors (Lipinski definition) is 2. The zero-order chi connectivity index (χ0) is 10.6. The highest BCUT2D eigenvalue weighted by Crippen LogP contribution is 1.93. The van der Waals surface area contributed by atoms with Gasteiger partial charge in [-0.25, -0.2) is 4.79 Å². The Hall–Kier alpha value is -0.870. The molecule has 0 rings (SSSR count). The molecule has 0 bridgehead atoms. The second-order valence-corrected chi connectivity index (χ2v) is 3.00. The van der Waals surface area contributed by atoms with Crippen LogP contribution in [0.5, 0.6) is 0 Å². The van der Waals surface area contributed by atoms with Gasteiger partial charge in [-0.3, -0.25) is 0 Å². The van der Waals surface area contributed by atoms with Gasteiger partial charge in [0.15, 0.2) is 0 Å². The van der Waals surface area contributed by atoms with Gasteiger partial charge >= 0.3 is 5.97 Å². The molecule has 0 aliphatic rings. The van der Waals surface area contributed by atoms with E-state index in [0.29, 0.717) is 6.54 Å². The van der Waals surface area contributed by atoms with Crippen LogP contribution in [0.15, 0.2) is 12.2 Å². The van der Waals surface area contributed by atoms with Crippen molar-refractivity contribution in [2.45, 2.75) is 19.3 Å². The first kappa shape index (κ1) is 13.1. The average molecular weight is 201 g/mol. The van der Waals surface area contributed by atoms with Gasteiger partial charge in [-0.1, -0.05) is 6.08 Å². The molecule has 0 amide bonds. The molecule has 82 valence electrons. The van der Waals surface area contributed by atoms with Crippen LogP contribution in [0.25, 0.3) is 0 Å². The van der Waals surface area contributed by atoms with Crippen LogP contribution in [0.3, 0.4) is 0 Å². The molecule has 0 fully saturated rings. The van der Waals surface area contributed by atoms with Crippen molar-refractivity contribution in [1.82, 2.24) is 5.32 Å². The minimum Gasteiger partial charge on any atom is -0.478 e. The van der Waals surface area contributed by atoms with Crippen molar-refractivity contribution >= 4 is 5.97 Å². The molecule has 14 heavy (non-hydrogen) atoms. The molecular weight excluding hydrogens is 182 g/mol. The fraction of sp³-hybridized carbons (Fsp3) is 0.700. The van der Waals surface area contributed by atoms with E-state index in [0.717, 1.165) is 38.5 Å². The van der Waals surface area contributed by atoms with Crippen molar-refractivity contribution < 1.29 is 14.6 Å². The maximum atomic E-state index is 10.1. The average Bonchev–Trinajstić information content (AvgIpc) is 2.15. The smallest absolute Gasteiger partial charge is 0.328 e. The molecule has 2 N–H and O–H groups in total. The number of unbranched alkanes of at least 4 members (excludes halogenated alkanes) is 2. The SMILES string of the molecule is COCCCCCNC/C=C/C(=O)O. The highest BCUT2D eigenvalue weighted by molar-refractivity contribution is 5.79. The molecule has 0 spiro atoms. The normalized spacial score (nSPS) is 10.9. The van der Waals surface area contributed by atoms with Crippen LogP contribution in [0.2, 0.25) is 0 Å². The van der Waals surface area contributed by atoms with Gasteiger partial charge in [-0.2, -0.15) is 0 Å². The van der Waals surface area contributed by atoms with Gasteiger partial charge in [0.2, 0.25) is 0 Å². The maximum Gasteiger partial charge on any atom is 0.328 e. The number of carboxylic acid groups (broad SMARTS) is 1. The van der Waals surface area contributed by atoms with Crippen LogP contribution in [0.4, 0.5) is 0 Å². The largest absolute Gasteiger partial charge is 0.478 e. The van der Waals surface area contributed by atoms with Crippen LogP contribution in [0, 0.1) is 0 Å². The molecule has 4 nitrogen and oxygen atoms in total. The molecule has 0 saturated carbocycles. The van der Waals surface area contributed by atoms with Gasteiger partial charge in [-0.15, -0.1) is 0 Å². The fourth-order valence-electron chi connectivity index (χ4n) is 1.02. The Bertz CT molecular complexity index is 169. The van der Waals surface area contributed by atoms with E-state index in [4.69, 9.17) is 9.84 Å². The number of rotatable bonds is 9. The van der Waals surface area contributed by atoms with E-state index in [9.17, 15) is 4.79 Å². The number of aliphatic carboxylic acids is 1. The van der Waals surface area contributed by atoms with Crippen molar-refractivity contribution in [3.05, 3.63) is 12.2 Å². The molecule has 0 heterocycles. The Morgan fingerprint density at radius 2 is 2.21 bits per heavy atom. The van der Waals surface area contributed by atoms with Crippen molar-refractivity contribution in [2.24, 2.45) is 0 Å². The quantitative estimate of drug-likeness (QED) is 0.432. The monoisotopic (exact) mass is 201 g/mol. The molecule has 0 aromatic rings. The van der Waals surface area contributed by atoms with E-state index >= 15 is 0 Å². The van der Waals surface area contributed by atoms with Crippen molar-refractivity contribution in [2.75, 3.05) is 26.8 Å². The first-order valence-corrected chi connectivity index (χ1v) is 4.86. The number of nitrogens with one attached hydrogen (secondary N) is 1. The summed E-state index contributed by atoms with van der Waals surface area (Å²) < 4.78 is 4.92. The lowest BCUT2D eigenvalue weighted by Crippen LogP contribution is -2.15. The van der Waals surface area contributed by atoms with Gasteiger partial charge < -0.3 is 15.2 Å². The topological polar surface area (TPSA) is 58.6 Å². The molecule has 0 aromatic heterocycles. The second-order valence-electron chi connectivity index (χ2n) is 3.00. The second kappa shape index (κ2) is 10.2. The predicted octanol–water partition coefficient (Wildman–Crippen LogP) is 1.03. The Kier molecular flexibility index (Phi) is 9.58. The van der Waals surface area contributed by atoms with E-state index in [1.807, 2.05) is 0 Å². The van der Waals surface area contributed by atoms with Crippen LogP contribution in [-0.4, -0.2) is 37.9 Å². The van der Waals surface area contributed by atoms with Gasteiger partial charge in [0.05, 0.1) is 0 Å². The number of methoxy groups -OCH3 is 1. The number of ether oxygens (including phenoxy) is 1. The molecule has 0 saturated heterocycles. The lowest BCUT2D eigenvalue weighted by Gasteiger charge is -2.01. The number of carbonyl (C=O) groups is 1. The summed E-state index contributed by atoms with van der Waals surface area (Å²) in [5.74, 6) is -0.896. The third-order valence-corrected chi connectivity index (χ3v) is 1.72. The minimum atomic E-state index is -0.896. The Morgan fingerprint density at radius 1 is 1.43 bits per heavy atom. The van der Waals surface area contributed by atoms with E-state index in [2.05, 4.69) is 5.32 Å². The summed E-state index contributed by atoms with van der Waals surface area (Å²) in [6.45, 7) is 2.36. The van der Waals surface area contributed by atoms with Crippen LogP contribution in [-0.2, 0) is 9.53 Å². The third kappa shape index (κ3) is 11.1. The van der Waals surface area contributed by atoms with Crippen molar-refractivity contribution in [3.63, 3.8) is 0 Å². The summed E-state index contributed by atoms with van der Waals surface area (Å²) in [6.07, 6.45) is 6.09. The zero-order valence-corrected chi connectivity index (χ0v) is 8.66. The molecule has 0 aliphatic heterocycles. The third-order valence-electron chi connectivity index (χ3n) is 1.72. The van der Waals surface area contributed by atoms with Crippen molar-refractivity contribution in [1.29, 1.82) is 0 Å². The summed E-state index contributed by atoms with van der Waals surface area (Å²) >= 11 is 0. The predicted molar refractivity (Wildman–Crippen MR) is 55.4 cm³/mol. The number of hydrogen-bond acceptors (Lipinski definition) is 3. The first-order chi connectivity index (χ1) is 6.77. The molecule has 0 unspecified atom stereocenters. The Labute approximate surface area is 85.0 Å². The highest BCUT2D eigenvalue weighted by Gasteiger charge is 1.88. The minimum absolute atomic E-state index is 0.622. The van der Waals surface area contributed by atoms with Gasteiger partial charge in [-0.05, 0) is 25.8 Å². The Balaban J connectivity index is 3.02. The molecule has 0 aliphatic carbocycles. The fourth-order valence-corrected chi connectivity index (χ4v) is 1.02. The van der Waals surface area contributed by atoms with E-state index in [1.165, 1.54) is 0 Å². The van der Waals surface area contributed by atoms with Gasteiger partial charge in [0.1, 0.15) is 0 Å². The lowest BCUT2D eigenvalue weighted by atomic mass is 10.2. The Morgan fingerprint density at radius 3 is 2.86 bits per heavy atom. The van der Waals surface area contributed by atoms with Crippen LogP contribution >= 0.6 is 0 Å². The van der Waals surface area contributed by atoms with Gasteiger partial charge in [0.25, 0.3) is 0 Å². The zero-order valence-electron chi connectivity index (χ0n) is 8.66. The summed E-state index contributed by atoms with van der Waals surface area (Å²) in [7, 11) is 1.70. The summed E-state index contributed by atoms with van der Waals surface area (Å²) in [5, 5.41) is 11.4. The summed E-state index contributed by atoms with van der Waals surface area (Å²) in [4.78, 5) is 10.1. The number of carboxylic acids is 1. The lowest BCUT2D eigenvalue weighted by molar-refractivity contribution is -0.131. The van der Waals surface area contributed by atoms with E-state index in [1.54, 1.807) is 13.2 Å². The maximum absolute atomic E-state index is 10.1. The first-order valence-electron chi connectivity index (χ1n) is 4.86. The molecule has 0 atom stereocenters. The summed E-state index contributed by atoms with van der Waals surface area (Å²) in [5.41, 5.74) is 0. The van der Waals surface area contributed by atoms with E-state index < -0.39 is 5.97 Å². The summed E-state index contributed by atoms with van der Waals surface area (Å²) in [6, 6.07) is 0. The van der Waals surface area contributed by atoms with Crippen molar-refractivity contribution in [3.8, 4) is 0 Å². The molecule has 0 radical (unpaired) electrons. The van der Waals surface area contributed by atoms with Gasteiger partial charge in [0, 0.05) is 26.3 Å². The molecular formula is C10H19NO3. The van der Waals surface area contributed by atoms with Crippen LogP contribution < -0.4 is 5.32 Å². The van der Waals surface area contributed by atoms with Crippen LogP contribution in [0.1, 0.15) is 19.3 Å². The highest BCUT2D eigenvalue weighted by atomic mass is 16.5.